The Labute approximate surface area is 101 Å². The SMILES string of the molecule is CCC(C)CSCc1cc(N)ccc1Cl. The number of anilines is 1. The second-order valence-corrected chi connectivity index (χ2v) is 5.32. The summed E-state index contributed by atoms with van der Waals surface area (Å²) >= 11 is 8.00. The van der Waals surface area contributed by atoms with E-state index in [2.05, 4.69) is 13.8 Å². The summed E-state index contributed by atoms with van der Waals surface area (Å²) in [6, 6.07) is 5.67. The number of hydrogen-bond donors (Lipinski definition) is 1. The molecule has 0 saturated carbocycles. The number of benzene rings is 1. The fourth-order valence-corrected chi connectivity index (χ4v) is 2.67. The average Bonchev–Trinajstić information content (AvgIpc) is 2.23. The molecule has 0 saturated heterocycles. The number of rotatable bonds is 5. The Morgan fingerprint density at radius 3 is 2.87 bits per heavy atom. The van der Waals surface area contributed by atoms with Gasteiger partial charge in [0, 0.05) is 16.5 Å². The zero-order valence-corrected chi connectivity index (χ0v) is 10.9. The maximum atomic E-state index is 6.08. The van der Waals surface area contributed by atoms with E-state index in [9.17, 15) is 0 Å². The maximum Gasteiger partial charge on any atom is 0.0447 e. The van der Waals surface area contributed by atoms with Crippen LogP contribution in [0.1, 0.15) is 25.8 Å². The number of thioether (sulfide) groups is 1. The first-order valence-electron chi connectivity index (χ1n) is 5.25. The van der Waals surface area contributed by atoms with Crippen molar-refractivity contribution in [3.8, 4) is 0 Å². The zero-order valence-electron chi connectivity index (χ0n) is 9.29. The third kappa shape index (κ3) is 4.35. The number of halogens is 1. The molecule has 1 aromatic carbocycles. The van der Waals surface area contributed by atoms with Gasteiger partial charge in [-0.25, -0.2) is 0 Å². The molecule has 1 nitrogen and oxygen atoms in total. The predicted molar refractivity (Wildman–Crippen MR) is 71.5 cm³/mol. The summed E-state index contributed by atoms with van der Waals surface area (Å²) in [5.41, 5.74) is 7.65. The molecule has 0 aliphatic carbocycles. The highest BCUT2D eigenvalue weighted by Crippen LogP contribution is 2.24. The molecule has 0 bridgehead atoms. The van der Waals surface area contributed by atoms with Crippen molar-refractivity contribution in [2.24, 2.45) is 5.92 Å². The monoisotopic (exact) mass is 243 g/mol. The van der Waals surface area contributed by atoms with E-state index in [0.29, 0.717) is 0 Å². The molecule has 3 heteroatoms. The molecule has 84 valence electrons. The highest BCUT2D eigenvalue weighted by Gasteiger charge is 2.03. The van der Waals surface area contributed by atoms with Gasteiger partial charge in [-0.15, -0.1) is 0 Å². The van der Waals surface area contributed by atoms with E-state index in [1.807, 2.05) is 30.0 Å². The Morgan fingerprint density at radius 2 is 2.20 bits per heavy atom. The fourth-order valence-electron chi connectivity index (χ4n) is 1.19. The van der Waals surface area contributed by atoms with Gasteiger partial charge < -0.3 is 5.73 Å². The second-order valence-electron chi connectivity index (χ2n) is 3.88. The third-order valence-corrected chi connectivity index (χ3v) is 4.12. The second kappa shape index (κ2) is 6.29. The molecule has 2 N–H and O–H groups in total. The first-order valence-corrected chi connectivity index (χ1v) is 6.78. The van der Waals surface area contributed by atoms with Gasteiger partial charge in [0.05, 0.1) is 0 Å². The van der Waals surface area contributed by atoms with Crippen LogP contribution < -0.4 is 5.73 Å². The van der Waals surface area contributed by atoms with E-state index in [1.54, 1.807) is 0 Å². The first kappa shape index (κ1) is 12.7. The standard InChI is InChI=1S/C12H18ClNS/c1-3-9(2)7-15-8-10-6-11(14)4-5-12(10)13/h4-6,9H,3,7-8,14H2,1-2H3. The molecule has 1 atom stereocenters. The number of hydrogen-bond acceptors (Lipinski definition) is 2. The number of nitrogen functional groups attached to an aromatic ring is 1. The Morgan fingerprint density at radius 1 is 1.47 bits per heavy atom. The van der Waals surface area contributed by atoms with E-state index in [0.717, 1.165) is 27.9 Å². The largest absolute Gasteiger partial charge is 0.399 e. The van der Waals surface area contributed by atoms with Gasteiger partial charge >= 0.3 is 0 Å². The summed E-state index contributed by atoms with van der Waals surface area (Å²) in [6.45, 7) is 4.49. The van der Waals surface area contributed by atoms with Crippen molar-refractivity contribution in [3.05, 3.63) is 28.8 Å². The molecule has 0 radical (unpaired) electrons. The molecule has 1 aromatic rings. The molecular weight excluding hydrogens is 226 g/mol. The van der Waals surface area contributed by atoms with Gasteiger partial charge in [0.1, 0.15) is 0 Å². The van der Waals surface area contributed by atoms with Crippen molar-refractivity contribution >= 4 is 29.1 Å². The van der Waals surface area contributed by atoms with E-state index in [-0.39, 0.29) is 0 Å². The lowest BCUT2D eigenvalue weighted by atomic mass is 10.2. The van der Waals surface area contributed by atoms with Crippen LogP contribution in [0.2, 0.25) is 5.02 Å². The first-order chi connectivity index (χ1) is 7.13. The van der Waals surface area contributed by atoms with Gasteiger partial charge in [-0.05, 0) is 35.4 Å². The normalized spacial score (nSPS) is 12.7. The van der Waals surface area contributed by atoms with E-state index >= 15 is 0 Å². The highest BCUT2D eigenvalue weighted by molar-refractivity contribution is 7.98. The Hall–Kier alpha value is -0.340. The molecule has 0 spiro atoms. The molecule has 15 heavy (non-hydrogen) atoms. The minimum atomic E-state index is 0.773. The van der Waals surface area contributed by atoms with Crippen LogP contribution >= 0.6 is 23.4 Å². The van der Waals surface area contributed by atoms with Crippen LogP contribution in [0.3, 0.4) is 0 Å². The molecule has 0 aromatic heterocycles. The predicted octanol–water partition coefficient (Wildman–Crippen LogP) is 4.20. The van der Waals surface area contributed by atoms with Crippen molar-refractivity contribution < 1.29 is 0 Å². The molecule has 0 heterocycles. The Kier molecular flexibility index (Phi) is 5.34. The summed E-state index contributed by atoms with van der Waals surface area (Å²) < 4.78 is 0. The van der Waals surface area contributed by atoms with Gasteiger partial charge in [-0.3, -0.25) is 0 Å². The minimum Gasteiger partial charge on any atom is -0.399 e. The van der Waals surface area contributed by atoms with Crippen LogP contribution in [0.5, 0.6) is 0 Å². The van der Waals surface area contributed by atoms with Crippen LogP contribution in [0, 0.1) is 5.92 Å². The highest BCUT2D eigenvalue weighted by atomic mass is 35.5. The summed E-state index contributed by atoms with van der Waals surface area (Å²) in [6.07, 6.45) is 1.23. The number of nitrogens with two attached hydrogens (primary N) is 1. The van der Waals surface area contributed by atoms with Crippen LogP contribution in [-0.4, -0.2) is 5.75 Å². The maximum absolute atomic E-state index is 6.08. The van der Waals surface area contributed by atoms with Crippen molar-refractivity contribution in [2.45, 2.75) is 26.0 Å². The molecule has 1 unspecified atom stereocenters. The lowest BCUT2D eigenvalue weighted by Crippen LogP contribution is -1.96. The van der Waals surface area contributed by atoms with Gasteiger partial charge in [0.25, 0.3) is 0 Å². The van der Waals surface area contributed by atoms with Crippen LogP contribution in [0.25, 0.3) is 0 Å². The van der Waals surface area contributed by atoms with Gasteiger partial charge in [-0.1, -0.05) is 31.9 Å². The van der Waals surface area contributed by atoms with Crippen molar-refractivity contribution in [2.75, 3.05) is 11.5 Å². The lowest BCUT2D eigenvalue weighted by Gasteiger charge is -2.09. The molecule has 1 rings (SSSR count). The Bertz CT molecular complexity index is 314. The van der Waals surface area contributed by atoms with Crippen molar-refractivity contribution in [1.82, 2.24) is 0 Å². The molecule has 0 amide bonds. The van der Waals surface area contributed by atoms with Crippen LogP contribution in [0.15, 0.2) is 18.2 Å². The average molecular weight is 244 g/mol. The van der Waals surface area contributed by atoms with Gasteiger partial charge in [0.15, 0.2) is 0 Å². The Balaban J connectivity index is 2.46. The van der Waals surface area contributed by atoms with Crippen molar-refractivity contribution in [3.63, 3.8) is 0 Å². The van der Waals surface area contributed by atoms with Gasteiger partial charge in [-0.2, -0.15) is 11.8 Å². The summed E-state index contributed by atoms with van der Waals surface area (Å²) in [5.74, 6) is 2.91. The molecule has 0 fully saturated rings. The van der Waals surface area contributed by atoms with Crippen LogP contribution in [-0.2, 0) is 5.75 Å². The molecular formula is C12H18ClNS. The van der Waals surface area contributed by atoms with E-state index in [1.165, 1.54) is 12.2 Å². The zero-order chi connectivity index (χ0) is 11.3. The third-order valence-electron chi connectivity index (χ3n) is 2.43. The van der Waals surface area contributed by atoms with E-state index in [4.69, 9.17) is 17.3 Å². The minimum absolute atomic E-state index is 0.773. The summed E-state index contributed by atoms with van der Waals surface area (Å²) in [4.78, 5) is 0. The fraction of sp³-hybridized carbons (Fsp3) is 0.500. The summed E-state index contributed by atoms with van der Waals surface area (Å²) in [7, 11) is 0. The smallest absolute Gasteiger partial charge is 0.0447 e. The van der Waals surface area contributed by atoms with Gasteiger partial charge in [0.2, 0.25) is 0 Å². The molecule has 0 aliphatic rings. The quantitative estimate of drug-likeness (QED) is 0.785. The topological polar surface area (TPSA) is 26.0 Å². The van der Waals surface area contributed by atoms with Crippen molar-refractivity contribution in [1.29, 1.82) is 0 Å². The molecule has 0 aliphatic heterocycles. The van der Waals surface area contributed by atoms with Crippen LogP contribution in [0.4, 0.5) is 5.69 Å². The summed E-state index contributed by atoms with van der Waals surface area (Å²) in [5, 5.41) is 0.820. The van der Waals surface area contributed by atoms with E-state index < -0.39 is 0 Å². The lowest BCUT2D eigenvalue weighted by molar-refractivity contribution is 0.637.